The maximum absolute atomic E-state index is 14.5. The van der Waals surface area contributed by atoms with Gasteiger partial charge in [-0.3, -0.25) is 14.4 Å². The Morgan fingerprint density at radius 3 is 2.45 bits per heavy atom. The highest BCUT2D eigenvalue weighted by atomic mass is 19.4. The summed E-state index contributed by atoms with van der Waals surface area (Å²) in [4.78, 5) is 42.8. The topological polar surface area (TPSA) is 115 Å². The van der Waals surface area contributed by atoms with Crippen molar-refractivity contribution in [2.24, 2.45) is 5.92 Å². The van der Waals surface area contributed by atoms with Crippen molar-refractivity contribution in [1.29, 1.82) is 0 Å². The van der Waals surface area contributed by atoms with Crippen LogP contribution in [-0.4, -0.2) is 57.8 Å². The standard InChI is InChI=1S/C30H34F4N4O4/c1-16-24(27(40)18-6-8-29(42,9-7-18)15-38-10-4-3-5-11-38)25(30(32,33)34)22(35-16)14-21-20-12-19(31)13-23(36-17(2)39)26(20)37-28(21)41/h12-14,18,35,42H,3-11,15H2,1-2H3,(H,36,39)(H,37,41)/b21-14-. The second-order valence-corrected chi connectivity index (χ2v) is 11.7. The van der Waals surface area contributed by atoms with Crippen molar-refractivity contribution < 1.29 is 37.1 Å². The van der Waals surface area contributed by atoms with Gasteiger partial charge in [-0.15, -0.1) is 0 Å². The Balaban J connectivity index is 1.44. The van der Waals surface area contributed by atoms with E-state index in [0.717, 1.165) is 50.6 Å². The van der Waals surface area contributed by atoms with E-state index in [1.807, 2.05) is 0 Å². The average Bonchev–Trinajstić information content (AvgIpc) is 3.40. The lowest BCUT2D eigenvalue weighted by Gasteiger charge is -2.40. The third-order valence-corrected chi connectivity index (χ3v) is 8.48. The van der Waals surface area contributed by atoms with Gasteiger partial charge in [0.1, 0.15) is 5.82 Å². The molecule has 0 atom stereocenters. The lowest BCUT2D eigenvalue weighted by Crippen LogP contribution is -2.47. The normalized spacial score (nSPS) is 24.0. The number of anilines is 2. The van der Waals surface area contributed by atoms with Gasteiger partial charge < -0.3 is 25.6 Å². The van der Waals surface area contributed by atoms with E-state index in [4.69, 9.17) is 0 Å². The van der Waals surface area contributed by atoms with Gasteiger partial charge in [-0.2, -0.15) is 13.2 Å². The molecule has 2 aliphatic heterocycles. The van der Waals surface area contributed by atoms with Gasteiger partial charge in [0.2, 0.25) is 5.91 Å². The first-order valence-electron chi connectivity index (χ1n) is 14.2. The number of carbonyl (C=O) groups excluding carboxylic acids is 3. The van der Waals surface area contributed by atoms with Crippen molar-refractivity contribution in [2.45, 2.75) is 70.6 Å². The van der Waals surface area contributed by atoms with E-state index in [1.165, 1.54) is 13.8 Å². The van der Waals surface area contributed by atoms with E-state index in [9.17, 15) is 37.1 Å². The number of aliphatic hydroxyl groups is 1. The highest BCUT2D eigenvalue weighted by Gasteiger charge is 2.44. The molecule has 5 rings (SSSR count). The molecule has 0 bridgehead atoms. The van der Waals surface area contributed by atoms with E-state index in [1.54, 1.807) is 0 Å². The number of halogens is 4. The van der Waals surface area contributed by atoms with Gasteiger partial charge in [0.05, 0.1) is 39.4 Å². The Morgan fingerprint density at radius 1 is 1.17 bits per heavy atom. The number of amides is 2. The Kier molecular flexibility index (Phi) is 8.06. The minimum Gasteiger partial charge on any atom is -0.389 e. The number of likely N-dealkylation sites (tertiary alicyclic amines) is 1. The first kappa shape index (κ1) is 30.0. The summed E-state index contributed by atoms with van der Waals surface area (Å²) in [7, 11) is 0. The number of carbonyl (C=O) groups is 3. The number of β-amino-alcohol motifs (C(OH)–C–C–N with tert-alkyl or cyclic N) is 1. The zero-order valence-electron chi connectivity index (χ0n) is 23.5. The molecule has 1 saturated carbocycles. The molecule has 1 aromatic carbocycles. The zero-order chi connectivity index (χ0) is 30.4. The number of aryl methyl sites for hydroxylation is 1. The number of nitrogens with one attached hydrogen (secondary N) is 3. The molecule has 0 radical (unpaired) electrons. The molecule has 1 aromatic heterocycles. The van der Waals surface area contributed by atoms with Crippen LogP contribution in [0.1, 0.15) is 84.7 Å². The molecule has 2 aromatic rings. The Labute approximate surface area is 240 Å². The fourth-order valence-corrected chi connectivity index (χ4v) is 6.51. The van der Waals surface area contributed by atoms with E-state index < -0.39 is 57.9 Å². The Bertz CT molecular complexity index is 1450. The van der Waals surface area contributed by atoms with E-state index >= 15 is 0 Å². The number of piperidine rings is 1. The molecule has 8 nitrogen and oxygen atoms in total. The number of rotatable bonds is 6. The number of alkyl halides is 3. The summed E-state index contributed by atoms with van der Waals surface area (Å²) in [6.07, 6.45) is 0.499. The number of ketones is 1. The van der Waals surface area contributed by atoms with Gasteiger partial charge in [0, 0.05) is 30.6 Å². The average molecular weight is 591 g/mol. The maximum atomic E-state index is 14.5. The van der Waals surface area contributed by atoms with Crippen LogP contribution in [0.15, 0.2) is 12.1 Å². The fraction of sp³-hybridized carbons (Fsp3) is 0.500. The number of hydrogen-bond donors (Lipinski definition) is 4. The number of H-pyrrole nitrogens is 1. The summed E-state index contributed by atoms with van der Waals surface area (Å²) >= 11 is 0. The number of benzene rings is 1. The highest BCUT2D eigenvalue weighted by Crippen LogP contribution is 2.44. The minimum absolute atomic E-state index is 0.00475. The van der Waals surface area contributed by atoms with Gasteiger partial charge in [0.15, 0.2) is 5.78 Å². The van der Waals surface area contributed by atoms with E-state index in [0.29, 0.717) is 19.4 Å². The van der Waals surface area contributed by atoms with E-state index in [2.05, 4.69) is 20.5 Å². The third kappa shape index (κ3) is 6.00. The van der Waals surface area contributed by atoms with Gasteiger partial charge in [0.25, 0.3) is 5.91 Å². The number of aromatic amines is 1. The lowest BCUT2D eigenvalue weighted by molar-refractivity contribution is -0.138. The molecule has 0 unspecified atom stereocenters. The summed E-state index contributed by atoms with van der Waals surface area (Å²) in [5.41, 5.74) is -3.37. The first-order valence-corrected chi connectivity index (χ1v) is 14.2. The second-order valence-electron chi connectivity index (χ2n) is 11.7. The number of Topliss-reactive ketones (excluding diaryl/α,β-unsaturated/α-hetero) is 1. The summed E-state index contributed by atoms with van der Waals surface area (Å²) in [6.45, 7) is 4.88. The number of nitrogens with zero attached hydrogens (tertiary/aromatic N) is 1. The molecular weight excluding hydrogens is 556 g/mol. The SMILES string of the molecule is CC(=O)Nc1cc(F)cc2c1NC(=O)/C2=C\c1[nH]c(C)c(C(=O)C2CCC(O)(CN3CCCCC3)CC2)c1C(F)(F)F. The van der Waals surface area contributed by atoms with Crippen LogP contribution in [0.2, 0.25) is 0 Å². The van der Waals surface area contributed by atoms with Gasteiger partial charge in [-0.25, -0.2) is 4.39 Å². The predicted octanol–water partition coefficient (Wildman–Crippen LogP) is 5.52. The molecule has 226 valence electrons. The Morgan fingerprint density at radius 2 is 1.83 bits per heavy atom. The van der Waals surface area contributed by atoms with Crippen LogP contribution in [-0.2, 0) is 15.8 Å². The van der Waals surface area contributed by atoms with Gasteiger partial charge >= 0.3 is 6.18 Å². The number of hydrogen-bond acceptors (Lipinski definition) is 5. The van der Waals surface area contributed by atoms with Crippen molar-refractivity contribution in [3.63, 3.8) is 0 Å². The summed E-state index contributed by atoms with van der Waals surface area (Å²) in [5.74, 6) is -3.45. The van der Waals surface area contributed by atoms with Crippen LogP contribution in [0.3, 0.4) is 0 Å². The quantitative estimate of drug-likeness (QED) is 0.201. The third-order valence-electron chi connectivity index (χ3n) is 8.48. The van der Waals surface area contributed by atoms with Crippen LogP contribution >= 0.6 is 0 Å². The maximum Gasteiger partial charge on any atom is 0.419 e. The van der Waals surface area contributed by atoms with Crippen molar-refractivity contribution in [3.05, 3.63) is 46.0 Å². The second kappa shape index (κ2) is 11.3. The van der Waals surface area contributed by atoms with Crippen molar-refractivity contribution >= 4 is 40.6 Å². The van der Waals surface area contributed by atoms with Gasteiger partial charge in [-0.1, -0.05) is 6.42 Å². The van der Waals surface area contributed by atoms with Crippen molar-refractivity contribution in [3.8, 4) is 0 Å². The molecule has 3 heterocycles. The van der Waals surface area contributed by atoms with Crippen LogP contribution in [0.4, 0.5) is 28.9 Å². The lowest BCUT2D eigenvalue weighted by atomic mass is 9.75. The Hall–Kier alpha value is -3.51. The molecule has 1 saturated heterocycles. The summed E-state index contributed by atoms with van der Waals surface area (Å²) in [5, 5.41) is 16.0. The first-order chi connectivity index (χ1) is 19.8. The fourth-order valence-electron chi connectivity index (χ4n) is 6.51. The molecule has 1 aliphatic carbocycles. The molecule has 2 fully saturated rings. The van der Waals surface area contributed by atoms with Crippen LogP contribution in [0, 0.1) is 18.7 Å². The summed E-state index contributed by atoms with van der Waals surface area (Å²) in [6, 6.07) is 1.99. The van der Waals surface area contributed by atoms with Crippen LogP contribution in [0.25, 0.3) is 11.6 Å². The van der Waals surface area contributed by atoms with Crippen LogP contribution in [0.5, 0.6) is 0 Å². The number of aromatic nitrogens is 1. The van der Waals surface area contributed by atoms with Gasteiger partial charge in [-0.05, 0) is 76.7 Å². The van der Waals surface area contributed by atoms with Crippen LogP contribution < -0.4 is 10.6 Å². The number of fused-ring (bicyclic) bond motifs is 1. The minimum atomic E-state index is -4.94. The molecule has 4 N–H and O–H groups in total. The molecule has 0 spiro atoms. The predicted molar refractivity (Wildman–Crippen MR) is 149 cm³/mol. The monoisotopic (exact) mass is 590 g/mol. The smallest absolute Gasteiger partial charge is 0.389 e. The van der Waals surface area contributed by atoms with Crippen molar-refractivity contribution in [2.75, 3.05) is 30.3 Å². The molecule has 42 heavy (non-hydrogen) atoms. The molecular formula is C30H34F4N4O4. The zero-order valence-corrected chi connectivity index (χ0v) is 23.5. The molecule has 12 heteroatoms. The highest BCUT2D eigenvalue weighted by molar-refractivity contribution is 6.36. The largest absolute Gasteiger partial charge is 0.419 e. The van der Waals surface area contributed by atoms with Crippen molar-refractivity contribution in [1.82, 2.24) is 9.88 Å². The molecule has 3 aliphatic rings. The summed E-state index contributed by atoms with van der Waals surface area (Å²) < 4.78 is 57.9. The van der Waals surface area contributed by atoms with E-state index in [-0.39, 0.29) is 41.0 Å². The molecule has 2 amide bonds.